The first-order valence-electron chi connectivity index (χ1n) is 8.30. The molecule has 1 aliphatic rings. The van der Waals surface area contributed by atoms with Crippen molar-refractivity contribution in [2.45, 2.75) is 25.7 Å². The highest BCUT2D eigenvalue weighted by atomic mass is 16.5. The molecule has 1 N–H and O–H groups in total. The Balaban J connectivity index is 1.98. The molecule has 0 aromatic carbocycles. The number of aromatic nitrogens is 2. The first-order chi connectivity index (χ1) is 12.0. The van der Waals surface area contributed by atoms with Gasteiger partial charge in [0, 0.05) is 38.9 Å². The van der Waals surface area contributed by atoms with E-state index in [2.05, 4.69) is 15.5 Å². The first kappa shape index (κ1) is 17.3. The highest BCUT2D eigenvalue weighted by Crippen LogP contribution is 2.33. The summed E-state index contributed by atoms with van der Waals surface area (Å²) in [5.74, 6) is -0.243. The van der Waals surface area contributed by atoms with E-state index in [1.165, 1.54) is 7.11 Å². The zero-order valence-electron chi connectivity index (χ0n) is 14.7. The lowest BCUT2D eigenvalue weighted by Gasteiger charge is -2.31. The Hall–Kier alpha value is -2.48. The second-order valence-electron chi connectivity index (χ2n) is 6.25. The number of carbonyl (C=O) groups excluding carboxylic acids is 2. The predicted molar refractivity (Wildman–Crippen MR) is 90.4 cm³/mol. The minimum Gasteiger partial charge on any atom is -0.375 e. The molecule has 2 amide bonds. The van der Waals surface area contributed by atoms with Crippen molar-refractivity contribution in [1.29, 1.82) is 0 Å². The van der Waals surface area contributed by atoms with Crippen LogP contribution in [0, 0.1) is 6.92 Å². The molecule has 0 spiro atoms. The number of amides is 2. The van der Waals surface area contributed by atoms with Gasteiger partial charge in [0.1, 0.15) is 6.61 Å². The third-order valence-corrected chi connectivity index (χ3v) is 4.50. The molecule has 0 aliphatic carbocycles. The highest BCUT2D eigenvalue weighted by molar-refractivity contribution is 6.06. The van der Waals surface area contributed by atoms with E-state index in [0.29, 0.717) is 41.1 Å². The van der Waals surface area contributed by atoms with Gasteiger partial charge >= 0.3 is 0 Å². The molecule has 1 aliphatic heterocycles. The number of nitrogens with one attached hydrogen (secondary N) is 1. The Bertz CT molecular complexity index is 801. The largest absolute Gasteiger partial charge is 0.375 e. The van der Waals surface area contributed by atoms with Crippen molar-refractivity contribution in [3.05, 3.63) is 23.0 Å². The van der Waals surface area contributed by atoms with Crippen molar-refractivity contribution >= 4 is 22.9 Å². The number of likely N-dealkylation sites (tertiary alicyclic amines) is 1. The number of aryl methyl sites for hydroxylation is 1. The van der Waals surface area contributed by atoms with E-state index < -0.39 is 0 Å². The summed E-state index contributed by atoms with van der Waals surface area (Å²) in [6.45, 7) is 3.11. The van der Waals surface area contributed by atoms with Gasteiger partial charge in [0.25, 0.3) is 11.6 Å². The maximum Gasteiger partial charge on any atom is 0.259 e. The Labute approximate surface area is 145 Å². The summed E-state index contributed by atoms with van der Waals surface area (Å²) in [4.78, 5) is 30.5. The molecular weight excluding hydrogens is 324 g/mol. The van der Waals surface area contributed by atoms with Gasteiger partial charge in [-0.05, 0) is 25.8 Å². The number of methoxy groups -OCH3 is 1. The second kappa shape index (κ2) is 7.18. The molecule has 2 aromatic rings. The maximum atomic E-state index is 12.3. The average Bonchev–Trinajstić information content (AvgIpc) is 3.04. The minimum atomic E-state index is -0.205. The Morgan fingerprint density at radius 1 is 1.48 bits per heavy atom. The van der Waals surface area contributed by atoms with Crippen LogP contribution in [0.1, 0.15) is 40.5 Å². The molecule has 134 valence electrons. The average molecular weight is 346 g/mol. The summed E-state index contributed by atoms with van der Waals surface area (Å²) >= 11 is 0. The molecule has 2 aromatic heterocycles. The molecule has 1 saturated heterocycles. The van der Waals surface area contributed by atoms with E-state index >= 15 is 0 Å². The summed E-state index contributed by atoms with van der Waals surface area (Å²) in [5.41, 5.74) is 2.24. The third-order valence-electron chi connectivity index (χ3n) is 4.50. The number of rotatable bonds is 4. The Kier molecular flexibility index (Phi) is 4.98. The fourth-order valence-electron chi connectivity index (χ4n) is 3.33. The van der Waals surface area contributed by atoms with Crippen LogP contribution in [0.4, 0.5) is 0 Å². The van der Waals surface area contributed by atoms with Gasteiger partial charge in [0.2, 0.25) is 5.91 Å². The number of hydrogen-bond acceptors (Lipinski definition) is 6. The van der Waals surface area contributed by atoms with Gasteiger partial charge in [-0.15, -0.1) is 0 Å². The molecule has 3 rings (SSSR count). The normalized spacial score (nSPS) is 17.7. The summed E-state index contributed by atoms with van der Waals surface area (Å²) in [6.07, 6.45) is 1.74. The molecule has 1 fully saturated rings. The zero-order valence-corrected chi connectivity index (χ0v) is 14.7. The van der Waals surface area contributed by atoms with Crippen LogP contribution >= 0.6 is 0 Å². The Morgan fingerprint density at radius 2 is 2.28 bits per heavy atom. The van der Waals surface area contributed by atoms with Crippen molar-refractivity contribution < 1.29 is 18.8 Å². The second-order valence-corrected chi connectivity index (χ2v) is 6.25. The van der Waals surface area contributed by atoms with Crippen molar-refractivity contribution in [2.75, 3.05) is 33.9 Å². The van der Waals surface area contributed by atoms with E-state index in [0.717, 1.165) is 12.8 Å². The van der Waals surface area contributed by atoms with Crippen LogP contribution in [-0.4, -0.2) is 60.7 Å². The van der Waals surface area contributed by atoms with Crippen LogP contribution < -0.4 is 5.32 Å². The fourth-order valence-corrected chi connectivity index (χ4v) is 3.33. The molecule has 1 unspecified atom stereocenters. The van der Waals surface area contributed by atoms with Crippen LogP contribution in [0.5, 0.6) is 0 Å². The summed E-state index contributed by atoms with van der Waals surface area (Å²) in [5, 5.41) is 7.47. The zero-order chi connectivity index (χ0) is 18.0. The SMILES string of the molecule is CNC(=O)c1cc(C)nc2onc(C3CCCN(C(=O)COC)C3)c12. The maximum absolute atomic E-state index is 12.3. The fraction of sp³-hybridized carbons (Fsp3) is 0.529. The molecule has 8 heteroatoms. The van der Waals surface area contributed by atoms with Gasteiger partial charge in [-0.3, -0.25) is 9.59 Å². The van der Waals surface area contributed by atoms with Gasteiger partial charge in [0.15, 0.2) is 0 Å². The number of piperidine rings is 1. The van der Waals surface area contributed by atoms with Crippen molar-refractivity contribution in [3.63, 3.8) is 0 Å². The van der Waals surface area contributed by atoms with E-state index in [1.807, 2.05) is 0 Å². The predicted octanol–water partition coefficient (Wildman–Crippen LogP) is 1.24. The molecule has 3 heterocycles. The number of pyridine rings is 1. The van der Waals surface area contributed by atoms with Gasteiger partial charge in [-0.25, -0.2) is 4.98 Å². The van der Waals surface area contributed by atoms with E-state index in [-0.39, 0.29) is 24.3 Å². The van der Waals surface area contributed by atoms with Gasteiger partial charge in [0.05, 0.1) is 16.6 Å². The third kappa shape index (κ3) is 3.34. The quantitative estimate of drug-likeness (QED) is 0.894. The molecular formula is C17H22N4O4. The number of hydrogen-bond donors (Lipinski definition) is 1. The summed E-state index contributed by atoms with van der Waals surface area (Å²) in [7, 11) is 3.09. The van der Waals surface area contributed by atoms with Crippen molar-refractivity contribution in [3.8, 4) is 0 Å². The van der Waals surface area contributed by atoms with E-state index in [1.54, 1.807) is 24.9 Å². The highest BCUT2D eigenvalue weighted by Gasteiger charge is 2.30. The smallest absolute Gasteiger partial charge is 0.259 e. The van der Waals surface area contributed by atoms with Crippen LogP contribution in [0.15, 0.2) is 10.6 Å². The van der Waals surface area contributed by atoms with Crippen LogP contribution in [0.2, 0.25) is 0 Å². The summed E-state index contributed by atoms with van der Waals surface area (Å²) < 4.78 is 10.3. The van der Waals surface area contributed by atoms with Gasteiger partial charge < -0.3 is 19.5 Å². The van der Waals surface area contributed by atoms with E-state index in [9.17, 15) is 9.59 Å². The molecule has 0 saturated carbocycles. The molecule has 0 radical (unpaired) electrons. The summed E-state index contributed by atoms with van der Waals surface area (Å²) in [6, 6.07) is 1.73. The van der Waals surface area contributed by atoms with Crippen molar-refractivity contribution in [1.82, 2.24) is 20.4 Å². The molecule has 0 bridgehead atoms. The molecule has 25 heavy (non-hydrogen) atoms. The lowest BCUT2D eigenvalue weighted by Crippen LogP contribution is -2.41. The first-order valence-corrected chi connectivity index (χ1v) is 8.30. The van der Waals surface area contributed by atoms with Crippen LogP contribution in [0.3, 0.4) is 0 Å². The van der Waals surface area contributed by atoms with E-state index in [4.69, 9.17) is 9.26 Å². The molecule has 1 atom stereocenters. The van der Waals surface area contributed by atoms with Gasteiger partial charge in [-0.2, -0.15) is 0 Å². The number of nitrogens with zero attached hydrogens (tertiary/aromatic N) is 3. The van der Waals surface area contributed by atoms with Crippen LogP contribution in [0.25, 0.3) is 11.1 Å². The Morgan fingerprint density at radius 3 is 3.00 bits per heavy atom. The van der Waals surface area contributed by atoms with Crippen molar-refractivity contribution in [2.24, 2.45) is 0 Å². The lowest BCUT2D eigenvalue weighted by molar-refractivity contribution is -0.136. The lowest BCUT2D eigenvalue weighted by atomic mass is 9.91. The molecule has 8 nitrogen and oxygen atoms in total. The van der Waals surface area contributed by atoms with Crippen LogP contribution in [-0.2, 0) is 9.53 Å². The number of fused-ring (bicyclic) bond motifs is 1. The topological polar surface area (TPSA) is 97.6 Å². The standard InChI is InChI=1S/C17H22N4O4/c1-10-7-12(16(23)18-2)14-15(20-25-17(14)19-10)11-5-4-6-21(8-11)13(22)9-24-3/h7,11H,4-6,8-9H2,1-3H3,(H,18,23). The monoisotopic (exact) mass is 346 g/mol. The minimum absolute atomic E-state index is 0.00344. The van der Waals surface area contributed by atoms with Gasteiger partial charge in [-0.1, -0.05) is 5.16 Å². The number of ether oxygens (including phenoxy) is 1. The number of carbonyl (C=O) groups is 2.